The average molecular weight is 336 g/mol. The molecule has 0 radical (unpaired) electrons. The number of imidazole rings is 1. The molecular formula is C13H16N6O3S. The van der Waals surface area contributed by atoms with Crippen molar-refractivity contribution < 1.29 is 14.0 Å². The number of carbonyl (C=O) groups is 2. The summed E-state index contributed by atoms with van der Waals surface area (Å²) in [5.41, 5.74) is 5.67. The summed E-state index contributed by atoms with van der Waals surface area (Å²) in [5, 5.41) is 8.12. The van der Waals surface area contributed by atoms with Gasteiger partial charge in [0.25, 0.3) is 11.1 Å². The molecular weight excluding hydrogens is 320 g/mol. The molecule has 122 valence electrons. The fourth-order valence-corrected chi connectivity index (χ4v) is 3.01. The maximum absolute atomic E-state index is 12.3. The first kappa shape index (κ1) is 15.5. The zero-order chi connectivity index (χ0) is 16.4. The van der Waals surface area contributed by atoms with Crippen LogP contribution >= 0.6 is 11.8 Å². The topological polar surface area (TPSA) is 120 Å². The summed E-state index contributed by atoms with van der Waals surface area (Å²) in [5.74, 6) is 0.881. The van der Waals surface area contributed by atoms with Gasteiger partial charge < -0.3 is 19.6 Å². The van der Waals surface area contributed by atoms with E-state index in [1.807, 2.05) is 6.92 Å². The Kier molecular flexibility index (Phi) is 4.33. The molecule has 0 unspecified atom stereocenters. The Hall–Kier alpha value is -2.36. The summed E-state index contributed by atoms with van der Waals surface area (Å²) in [7, 11) is 0. The molecule has 23 heavy (non-hydrogen) atoms. The molecule has 10 heteroatoms. The summed E-state index contributed by atoms with van der Waals surface area (Å²) in [6.07, 6.45) is 2.11. The number of hydrogen-bond acceptors (Lipinski definition) is 7. The maximum atomic E-state index is 12.3. The lowest BCUT2D eigenvalue weighted by atomic mass is 10.3. The Balaban J connectivity index is 1.59. The number of rotatable bonds is 5. The number of nitrogens with zero attached hydrogens (tertiary/aromatic N) is 5. The molecule has 1 aliphatic heterocycles. The molecule has 2 N–H and O–H groups in total. The van der Waals surface area contributed by atoms with Crippen LogP contribution in [0.15, 0.2) is 15.8 Å². The number of primary amides is 1. The van der Waals surface area contributed by atoms with Gasteiger partial charge in [-0.15, -0.1) is 10.2 Å². The molecule has 1 aliphatic rings. The first-order valence-electron chi connectivity index (χ1n) is 7.15. The molecule has 3 heterocycles. The van der Waals surface area contributed by atoms with Crippen molar-refractivity contribution in [3.8, 4) is 0 Å². The van der Waals surface area contributed by atoms with Crippen LogP contribution in [0.4, 0.5) is 0 Å². The van der Waals surface area contributed by atoms with E-state index in [0.29, 0.717) is 48.7 Å². The summed E-state index contributed by atoms with van der Waals surface area (Å²) < 4.78 is 7.11. The van der Waals surface area contributed by atoms with Crippen LogP contribution in [-0.2, 0) is 24.3 Å². The average Bonchev–Trinajstić information content (AvgIpc) is 3.18. The van der Waals surface area contributed by atoms with Crippen molar-refractivity contribution in [1.29, 1.82) is 0 Å². The van der Waals surface area contributed by atoms with Crippen LogP contribution in [-0.4, -0.2) is 48.8 Å². The Labute approximate surface area is 136 Å². The summed E-state index contributed by atoms with van der Waals surface area (Å²) >= 11 is 1.22. The number of fused-ring (bicyclic) bond motifs is 1. The van der Waals surface area contributed by atoms with E-state index < -0.39 is 5.91 Å². The third-order valence-electron chi connectivity index (χ3n) is 3.54. The van der Waals surface area contributed by atoms with Gasteiger partial charge in [-0.2, -0.15) is 0 Å². The minimum Gasteiger partial charge on any atom is -0.416 e. The first-order valence-corrected chi connectivity index (χ1v) is 8.14. The number of amides is 2. The van der Waals surface area contributed by atoms with E-state index in [-0.39, 0.29) is 11.7 Å². The van der Waals surface area contributed by atoms with E-state index >= 15 is 0 Å². The third-order valence-corrected chi connectivity index (χ3v) is 4.34. The largest absolute Gasteiger partial charge is 0.416 e. The van der Waals surface area contributed by atoms with Crippen molar-refractivity contribution in [2.75, 3.05) is 12.3 Å². The molecule has 0 bridgehead atoms. The predicted molar refractivity (Wildman–Crippen MR) is 80.6 cm³/mol. The van der Waals surface area contributed by atoms with Gasteiger partial charge >= 0.3 is 0 Å². The summed E-state index contributed by atoms with van der Waals surface area (Å²) in [4.78, 5) is 29.4. The van der Waals surface area contributed by atoms with Crippen LogP contribution in [0.5, 0.6) is 0 Å². The molecule has 9 nitrogen and oxygen atoms in total. The van der Waals surface area contributed by atoms with Crippen molar-refractivity contribution in [3.05, 3.63) is 23.6 Å². The van der Waals surface area contributed by atoms with E-state index in [1.165, 1.54) is 18.0 Å². The Morgan fingerprint density at radius 3 is 2.91 bits per heavy atom. The lowest BCUT2D eigenvalue weighted by Gasteiger charge is -2.28. The van der Waals surface area contributed by atoms with E-state index in [1.54, 1.807) is 9.47 Å². The van der Waals surface area contributed by atoms with Gasteiger partial charge in [-0.3, -0.25) is 9.59 Å². The molecule has 0 fully saturated rings. The highest BCUT2D eigenvalue weighted by Gasteiger charge is 2.25. The zero-order valence-electron chi connectivity index (χ0n) is 12.6. The quantitative estimate of drug-likeness (QED) is 0.767. The fraction of sp³-hybridized carbons (Fsp3) is 0.462. The van der Waals surface area contributed by atoms with Crippen LogP contribution < -0.4 is 5.73 Å². The van der Waals surface area contributed by atoms with Crippen LogP contribution in [0.3, 0.4) is 0 Å². The van der Waals surface area contributed by atoms with E-state index in [0.717, 1.165) is 0 Å². The minimum absolute atomic E-state index is 0.0406. The van der Waals surface area contributed by atoms with Crippen LogP contribution in [0.25, 0.3) is 0 Å². The second-order valence-corrected chi connectivity index (χ2v) is 5.92. The van der Waals surface area contributed by atoms with Gasteiger partial charge in [0, 0.05) is 19.5 Å². The second kappa shape index (κ2) is 6.41. The standard InChI is InChI=1S/C13H16N6O3S/c1-2-10-16-17-13(22-10)23-7-11(20)18-3-4-19-8(12(14)21)5-15-9(19)6-18/h5H,2-4,6-7H2,1H3,(H2,14,21). The number of nitrogens with two attached hydrogens (primary N) is 1. The molecule has 0 saturated heterocycles. The molecule has 3 rings (SSSR count). The predicted octanol–water partition coefficient (Wildman–Crippen LogP) is 0.0619. The fourth-order valence-electron chi connectivity index (χ4n) is 2.32. The number of hydrogen-bond donors (Lipinski definition) is 1. The number of aryl methyl sites for hydroxylation is 1. The normalized spacial score (nSPS) is 13.9. The summed E-state index contributed by atoms with van der Waals surface area (Å²) in [6, 6.07) is 0. The van der Waals surface area contributed by atoms with Crippen molar-refractivity contribution in [2.24, 2.45) is 5.73 Å². The molecule has 0 aromatic carbocycles. The van der Waals surface area contributed by atoms with Gasteiger partial charge in [-0.25, -0.2) is 4.98 Å². The van der Waals surface area contributed by atoms with Gasteiger partial charge in [0.05, 0.1) is 18.5 Å². The van der Waals surface area contributed by atoms with Crippen LogP contribution in [0.1, 0.15) is 29.1 Å². The second-order valence-electron chi connectivity index (χ2n) is 4.99. The number of thioether (sulfide) groups is 1. The Morgan fingerprint density at radius 1 is 1.39 bits per heavy atom. The Morgan fingerprint density at radius 2 is 2.22 bits per heavy atom. The number of carbonyl (C=O) groups excluding carboxylic acids is 2. The highest BCUT2D eigenvalue weighted by molar-refractivity contribution is 7.99. The lowest BCUT2D eigenvalue weighted by molar-refractivity contribution is -0.129. The molecule has 0 aliphatic carbocycles. The van der Waals surface area contributed by atoms with Gasteiger partial charge in [0.1, 0.15) is 11.5 Å². The van der Waals surface area contributed by atoms with Crippen molar-refractivity contribution in [2.45, 2.75) is 31.7 Å². The summed E-state index contributed by atoms with van der Waals surface area (Å²) in [6.45, 7) is 3.29. The molecule has 0 spiro atoms. The monoisotopic (exact) mass is 336 g/mol. The SMILES string of the molecule is CCc1nnc(SCC(=O)N2CCn3c(C(N)=O)cnc3C2)o1. The van der Waals surface area contributed by atoms with E-state index in [4.69, 9.17) is 10.2 Å². The van der Waals surface area contributed by atoms with Gasteiger partial charge in [-0.1, -0.05) is 18.7 Å². The van der Waals surface area contributed by atoms with Gasteiger partial charge in [0.15, 0.2) is 0 Å². The van der Waals surface area contributed by atoms with Crippen molar-refractivity contribution >= 4 is 23.6 Å². The maximum Gasteiger partial charge on any atom is 0.277 e. The number of aromatic nitrogens is 4. The molecule has 0 saturated carbocycles. The Bertz CT molecular complexity index is 740. The molecule has 2 aromatic rings. The lowest BCUT2D eigenvalue weighted by Crippen LogP contribution is -2.40. The first-order chi connectivity index (χ1) is 11.1. The highest BCUT2D eigenvalue weighted by atomic mass is 32.2. The van der Waals surface area contributed by atoms with Gasteiger partial charge in [0.2, 0.25) is 11.8 Å². The minimum atomic E-state index is -0.512. The van der Waals surface area contributed by atoms with E-state index in [2.05, 4.69) is 15.2 Å². The van der Waals surface area contributed by atoms with Crippen LogP contribution in [0.2, 0.25) is 0 Å². The van der Waals surface area contributed by atoms with E-state index in [9.17, 15) is 9.59 Å². The van der Waals surface area contributed by atoms with Crippen LogP contribution in [0, 0.1) is 0 Å². The molecule has 2 aromatic heterocycles. The van der Waals surface area contributed by atoms with Crippen molar-refractivity contribution in [3.63, 3.8) is 0 Å². The smallest absolute Gasteiger partial charge is 0.277 e. The highest BCUT2D eigenvalue weighted by Crippen LogP contribution is 2.19. The molecule has 0 atom stereocenters. The third kappa shape index (κ3) is 3.21. The van der Waals surface area contributed by atoms with Gasteiger partial charge in [-0.05, 0) is 0 Å². The molecule has 2 amide bonds. The zero-order valence-corrected chi connectivity index (χ0v) is 13.4. The van der Waals surface area contributed by atoms with Crippen molar-refractivity contribution in [1.82, 2.24) is 24.6 Å².